The number of aryl methyl sites for hydroxylation is 1. The Morgan fingerprint density at radius 2 is 1.67 bits per heavy atom. The van der Waals surface area contributed by atoms with Crippen LogP contribution in [0.15, 0.2) is 71.6 Å². The number of carbonyl (C=O) groups excluding carboxylic acids is 1. The average Bonchev–Trinajstić information content (AvgIpc) is 3.25. The number of imidazole rings is 1. The number of nitrogens with one attached hydrogen (secondary N) is 1. The molecule has 0 spiro atoms. The summed E-state index contributed by atoms with van der Waals surface area (Å²) < 4.78 is 38.7. The molecule has 1 N–H and O–H groups in total. The zero-order chi connectivity index (χ0) is 23.6. The van der Waals surface area contributed by atoms with E-state index in [1.54, 1.807) is 42.5 Å². The van der Waals surface area contributed by atoms with Crippen molar-refractivity contribution in [1.29, 1.82) is 0 Å². The van der Waals surface area contributed by atoms with E-state index in [1.165, 1.54) is 32.4 Å². The molecule has 0 saturated heterocycles. The second-order valence-electron chi connectivity index (χ2n) is 7.40. The van der Waals surface area contributed by atoms with Crippen LogP contribution in [0.25, 0.3) is 11.0 Å². The summed E-state index contributed by atoms with van der Waals surface area (Å²) in [5, 5.41) is 0. The highest BCUT2D eigenvalue weighted by atomic mass is 32.2. The molecule has 4 aromatic rings. The van der Waals surface area contributed by atoms with E-state index in [-0.39, 0.29) is 16.4 Å². The maximum atomic E-state index is 13.6. The standard InChI is InChI=1S/C24H23N3O5S/c1-16-8-11-18(12-9-16)33(29,30)27(24-25-19-6-4-5-7-20(19)26-24)15-21(28)17-10-13-22(31-2)23(14-17)32-3/h4-14H,15H2,1-3H3,(H,25,26). The molecule has 1 heterocycles. The van der Waals surface area contributed by atoms with Gasteiger partial charge in [0.2, 0.25) is 5.95 Å². The molecular weight excluding hydrogens is 442 g/mol. The molecule has 0 amide bonds. The highest BCUT2D eigenvalue weighted by molar-refractivity contribution is 7.92. The van der Waals surface area contributed by atoms with Gasteiger partial charge in [0, 0.05) is 5.56 Å². The second kappa shape index (κ2) is 8.95. The topological polar surface area (TPSA) is 102 Å². The fourth-order valence-electron chi connectivity index (χ4n) is 3.40. The van der Waals surface area contributed by atoms with Crippen LogP contribution < -0.4 is 13.8 Å². The molecule has 8 nitrogen and oxygen atoms in total. The molecular formula is C24H23N3O5S. The fraction of sp³-hybridized carbons (Fsp3) is 0.167. The Hall–Kier alpha value is -3.85. The molecule has 3 aromatic carbocycles. The number of aromatic nitrogens is 2. The summed E-state index contributed by atoms with van der Waals surface area (Å²) in [7, 11) is -1.12. The molecule has 9 heteroatoms. The fourth-order valence-corrected chi connectivity index (χ4v) is 4.74. The molecule has 0 fully saturated rings. The Labute approximate surface area is 191 Å². The number of carbonyl (C=O) groups is 1. The van der Waals surface area contributed by atoms with Gasteiger partial charge < -0.3 is 14.5 Å². The van der Waals surface area contributed by atoms with Crippen molar-refractivity contribution in [2.45, 2.75) is 11.8 Å². The van der Waals surface area contributed by atoms with Crippen molar-refractivity contribution >= 4 is 32.8 Å². The molecule has 4 rings (SSSR count). The number of sulfonamides is 1. The number of benzene rings is 3. The lowest BCUT2D eigenvalue weighted by Crippen LogP contribution is -2.36. The normalized spacial score (nSPS) is 11.4. The maximum absolute atomic E-state index is 13.6. The molecule has 0 bridgehead atoms. The molecule has 0 saturated carbocycles. The zero-order valence-electron chi connectivity index (χ0n) is 18.4. The van der Waals surface area contributed by atoms with Crippen molar-refractivity contribution in [3.8, 4) is 11.5 Å². The number of aromatic amines is 1. The van der Waals surface area contributed by atoms with E-state index >= 15 is 0 Å². The molecule has 0 aliphatic heterocycles. The van der Waals surface area contributed by atoms with E-state index in [1.807, 2.05) is 13.0 Å². The van der Waals surface area contributed by atoms with Crippen LogP contribution in [-0.4, -0.2) is 44.9 Å². The molecule has 33 heavy (non-hydrogen) atoms. The largest absolute Gasteiger partial charge is 0.493 e. The minimum atomic E-state index is -4.09. The van der Waals surface area contributed by atoms with Crippen LogP contribution in [0.3, 0.4) is 0 Å². The van der Waals surface area contributed by atoms with Crippen LogP contribution in [-0.2, 0) is 10.0 Å². The highest BCUT2D eigenvalue weighted by Gasteiger charge is 2.30. The van der Waals surface area contributed by atoms with Crippen molar-refractivity contribution in [2.24, 2.45) is 0 Å². The number of Topliss-reactive ketones (excluding diaryl/α,β-unsaturated/α-hetero) is 1. The minimum Gasteiger partial charge on any atom is -0.493 e. The summed E-state index contributed by atoms with van der Waals surface area (Å²) in [4.78, 5) is 20.7. The van der Waals surface area contributed by atoms with Crippen LogP contribution in [0.2, 0.25) is 0 Å². The molecule has 1 aromatic heterocycles. The number of H-pyrrole nitrogens is 1. The van der Waals surface area contributed by atoms with Crippen molar-refractivity contribution in [2.75, 3.05) is 25.1 Å². The monoisotopic (exact) mass is 465 g/mol. The Kier molecular flexibility index (Phi) is 6.06. The maximum Gasteiger partial charge on any atom is 0.267 e. The summed E-state index contributed by atoms with van der Waals surface area (Å²) in [6, 6.07) is 18.3. The number of nitrogens with zero attached hydrogens (tertiary/aromatic N) is 2. The van der Waals surface area contributed by atoms with E-state index in [4.69, 9.17) is 9.47 Å². The van der Waals surface area contributed by atoms with Crippen molar-refractivity contribution in [1.82, 2.24) is 9.97 Å². The van der Waals surface area contributed by atoms with Gasteiger partial charge in [-0.15, -0.1) is 0 Å². The molecule has 0 aliphatic carbocycles. The summed E-state index contributed by atoms with van der Waals surface area (Å²) in [5.41, 5.74) is 2.46. The van der Waals surface area contributed by atoms with Gasteiger partial charge in [-0.05, 0) is 49.4 Å². The SMILES string of the molecule is COc1ccc(C(=O)CN(c2nc3ccccc3[nH]2)S(=O)(=O)c2ccc(C)cc2)cc1OC. The van der Waals surface area contributed by atoms with Crippen LogP contribution in [0, 0.1) is 6.92 Å². The van der Waals surface area contributed by atoms with Gasteiger partial charge in [-0.2, -0.15) is 0 Å². The number of ether oxygens (including phenoxy) is 2. The molecule has 0 aliphatic rings. The van der Waals surface area contributed by atoms with Crippen LogP contribution in [0.4, 0.5) is 5.95 Å². The first-order chi connectivity index (χ1) is 15.8. The summed E-state index contributed by atoms with van der Waals surface area (Å²) in [6.45, 7) is 1.42. The Morgan fingerprint density at radius 1 is 0.970 bits per heavy atom. The van der Waals surface area contributed by atoms with Gasteiger partial charge in [0.25, 0.3) is 10.0 Å². The third-order valence-electron chi connectivity index (χ3n) is 5.21. The number of para-hydroxylation sites is 2. The Morgan fingerprint density at radius 3 is 2.33 bits per heavy atom. The third-order valence-corrected chi connectivity index (χ3v) is 6.97. The predicted molar refractivity (Wildman–Crippen MR) is 126 cm³/mol. The van der Waals surface area contributed by atoms with Gasteiger partial charge in [0.1, 0.15) is 6.54 Å². The number of methoxy groups -OCH3 is 2. The second-order valence-corrected chi connectivity index (χ2v) is 9.26. The van der Waals surface area contributed by atoms with E-state index in [9.17, 15) is 13.2 Å². The van der Waals surface area contributed by atoms with Gasteiger partial charge in [-0.3, -0.25) is 4.79 Å². The first-order valence-electron chi connectivity index (χ1n) is 10.1. The van der Waals surface area contributed by atoms with Gasteiger partial charge in [0.05, 0.1) is 30.1 Å². The summed E-state index contributed by atoms with van der Waals surface area (Å²) >= 11 is 0. The van der Waals surface area contributed by atoms with Gasteiger partial charge in [-0.25, -0.2) is 17.7 Å². The quantitative estimate of drug-likeness (QED) is 0.395. The first-order valence-corrected chi connectivity index (χ1v) is 11.6. The third kappa shape index (κ3) is 4.40. The Balaban J connectivity index is 1.77. The van der Waals surface area contributed by atoms with Crippen LogP contribution in [0.1, 0.15) is 15.9 Å². The molecule has 170 valence electrons. The van der Waals surface area contributed by atoms with Crippen molar-refractivity contribution < 1.29 is 22.7 Å². The van der Waals surface area contributed by atoms with Crippen molar-refractivity contribution in [3.63, 3.8) is 0 Å². The van der Waals surface area contributed by atoms with E-state index in [0.29, 0.717) is 22.5 Å². The van der Waals surface area contributed by atoms with E-state index in [2.05, 4.69) is 9.97 Å². The summed E-state index contributed by atoms with van der Waals surface area (Å²) in [5.74, 6) is 0.480. The van der Waals surface area contributed by atoms with Crippen LogP contribution in [0.5, 0.6) is 11.5 Å². The molecule has 0 unspecified atom stereocenters. The first kappa shape index (κ1) is 22.3. The molecule has 0 atom stereocenters. The number of rotatable bonds is 8. The predicted octanol–water partition coefficient (Wildman–Crippen LogP) is 3.97. The van der Waals surface area contributed by atoms with Crippen LogP contribution >= 0.6 is 0 Å². The average molecular weight is 466 g/mol. The highest BCUT2D eigenvalue weighted by Crippen LogP contribution is 2.29. The lowest BCUT2D eigenvalue weighted by Gasteiger charge is -2.21. The van der Waals surface area contributed by atoms with Crippen molar-refractivity contribution in [3.05, 3.63) is 77.9 Å². The lowest BCUT2D eigenvalue weighted by molar-refractivity contribution is 0.100. The Bertz CT molecular complexity index is 1380. The van der Waals surface area contributed by atoms with Gasteiger partial charge >= 0.3 is 0 Å². The van der Waals surface area contributed by atoms with Gasteiger partial charge in [0.15, 0.2) is 17.3 Å². The number of hydrogen-bond acceptors (Lipinski definition) is 6. The minimum absolute atomic E-state index is 0.0607. The number of anilines is 1. The lowest BCUT2D eigenvalue weighted by atomic mass is 10.1. The number of hydrogen-bond donors (Lipinski definition) is 1. The number of fused-ring (bicyclic) bond motifs is 1. The number of ketones is 1. The molecule has 0 radical (unpaired) electrons. The van der Waals surface area contributed by atoms with E-state index < -0.39 is 22.4 Å². The summed E-state index contributed by atoms with van der Waals surface area (Å²) in [6.07, 6.45) is 0. The van der Waals surface area contributed by atoms with Gasteiger partial charge in [-0.1, -0.05) is 29.8 Å². The smallest absolute Gasteiger partial charge is 0.267 e. The zero-order valence-corrected chi connectivity index (χ0v) is 19.2. The van der Waals surface area contributed by atoms with E-state index in [0.717, 1.165) is 9.87 Å².